The number of aromatic nitrogens is 3. The van der Waals surface area contributed by atoms with E-state index in [0.29, 0.717) is 11.7 Å². The molecule has 8 aliphatic carbocycles. The van der Waals surface area contributed by atoms with Gasteiger partial charge in [-0.15, -0.1) is 0 Å². The van der Waals surface area contributed by atoms with E-state index < -0.39 is 0 Å². The summed E-state index contributed by atoms with van der Waals surface area (Å²) < 4.78 is 0. The largest absolute Gasteiger partial charge is 0.381 e. The number of hydrogen-bond acceptors (Lipinski definition) is 4. The van der Waals surface area contributed by atoms with Gasteiger partial charge in [-0.3, -0.25) is 4.79 Å². The van der Waals surface area contributed by atoms with Gasteiger partial charge in [0.15, 0.2) is 5.65 Å². The van der Waals surface area contributed by atoms with Gasteiger partial charge in [0.05, 0.1) is 22.8 Å². The van der Waals surface area contributed by atoms with Crippen molar-refractivity contribution in [3.05, 3.63) is 36.5 Å². The predicted molar refractivity (Wildman–Crippen MR) is 153 cm³/mol. The highest BCUT2D eigenvalue weighted by molar-refractivity contribution is 5.97. The number of nitrogens with zero attached hydrogens (tertiary/aromatic N) is 2. The van der Waals surface area contributed by atoms with Gasteiger partial charge in [-0.25, -0.2) is 9.97 Å². The van der Waals surface area contributed by atoms with Crippen LogP contribution in [0.1, 0.15) is 70.6 Å². The first kappa shape index (κ1) is 22.9. The lowest BCUT2D eigenvalue weighted by atomic mass is 9.49. The van der Waals surface area contributed by atoms with Crippen molar-refractivity contribution in [2.24, 2.45) is 46.8 Å². The molecule has 11 rings (SSSR count). The molecule has 0 saturated heterocycles. The minimum absolute atomic E-state index is 0.161. The third-order valence-corrected chi connectivity index (χ3v) is 11.8. The molecule has 6 heteroatoms. The highest BCUT2D eigenvalue weighted by Crippen LogP contribution is 2.60. The fourth-order valence-electron chi connectivity index (χ4n) is 10.9. The summed E-state index contributed by atoms with van der Waals surface area (Å²) in [5.41, 5.74) is 4.46. The van der Waals surface area contributed by atoms with Crippen LogP contribution in [0.2, 0.25) is 0 Å². The lowest BCUT2D eigenvalue weighted by Crippen LogP contribution is -2.51. The molecule has 0 unspecified atom stereocenters. The Morgan fingerprint density at radius 1 is 0.846 bits per heavy atom. The molecule has 6 nitrogen and oxygen atoms in total. The van der Waals surface area contributed by atoms with Gasteiger partial charge in [-0.05, 0) is 130 Å². The average Bonchev–Trinajstić information content (AvgIpc) is 3.33. The zero-order chi connectivity index (χ0) is 25.7. The Hall–Kier alpha value is -2.89. The first-order valence-corrected chi connectivity index (χ1v) is 15.6. The fraction of sp³-hybridized carbons (Fsp3) is 0.606. The van der Waals surface area contributed by atoms with Crippen molar-refractivity contribution in [2.45, 2.75) is 76.7 Å². The van der Waals surface area contributed by atoms with Crippen LogP contribution in [0, 0.1) is 46.8 Å². The minimum Gasteiger partial charge on any atom is -0.381 e. The van der Waals surface area contributed by atoms with E-state index in [1.54, 1.807) is 6.20 Å². The number of rotatable bonds is 5. The van der Waals surface area contributed by atoms with Gasteiger partial charge in [0, 0.05) is 17.3 Å². The molecular weight excluding hydrogens is 482 g/mol. The molecule has 1 amide bonds. The van der Waals surface area contributed by atoms with Crippen LogP contribution in [0.25, 0.3) is 22.6 Å². The molecule has 39 heavy (non-hydrogen) atoms. The highest BCUT2D eigenvalue weighted by atomic mass is 16.2. The molecule has 3 aromatic rings. The van der Waals surface area contributed by atoms with Crippen LogP contribution >= 0.6 is 0 Å². The van der Waals surface area contributed by atoms with Crippen molar-refractivity contribution in [1.82, 2.24) is 15.0 Å². The second-order valence-corrected chi connectivity index (χ2v) is 14.5. The Morgan fingerprint density at radius 2 is 1.49 bits per heavy atom. The van der Waals surface area contributed by atoms with Crippen molar-refractivity contribution in [3.8, 4) is 11.4 Å². The maximum atomic E-state index is 13.6. The number of pyridine rings is 1. The molecule has 3 N–H and O–H groups in total. The van der Waals surface area contributed by atoms with E-state index in [9.17, 15) is 4.79 Å². The number of carbonyl (C=O) groups is 1. The Bertz CT molecular complexity index is 1390. The molecule has 0 aliphatic heterocycles. The standard InChI is InChI=1S/C33H39N5O/c39-32(33-14-20-6-21(15-33)8-22(7-20)16-33)35-25-13-28-31(34-17-25)38-30(37-28)26-3-1-2-4-27(26)36-29-23-9-18-5-19(11-23)12-24(29)10-18/h1-4,13,17-24,29,36H,5-12,14-16H2,(H,35,39)(H,34,37,38). The van der Waals surface area contributed by atoms with Gasteiger partial charge in [-0.1, -0.05) is 12.1 Å². The molecular formula is C33H39N5O. The summed E-state index contributed by atoms with van der Waals surface area (Å²) in [5.74, 6) is 6.89. The van der Waals surface area contributed by atoms with Crippen LogP contribution in [-0.2, 0) is 4.79 Å². The van der Waals surface area contributed by atoms with E-state index in [1.807, 2.05) is 6.07 Å². The first-order chi connectivity index (χ1) is 19.1. The Labute approximate surface area is 230 Å². The van der Waals surface area contributed by atoms with Crippen molar-refractivity contribution in [1.29, 1.82) is 0 Å². The van der Waals surface area contributed by atoms with E-state index in [-0.39, 0.29) is 11.3 Å². The summed E-state index contributed by atoms with van der Waals surface area (Å²) in [6.07, 6.45) is 16.1. The number of para-hydroxylation sites is 1. The topological polar surface area (TPSA) is 82.7 Å². The maximum Gasteiger partial charge on any atom is 0.230 e. The number of benzene rings is 1. The number of H-pyrrole nitrogens is 1. The SMILES string of the molecule is O=C(Nc1cnc2nc(-c3ccccc3NC3C4CC5CC(C4)CC3C5)[nH]c2c1)C12CC3CC(CC(C3)C1)C2. The normalized spacial score (nSPS) is 39.4. The van der Waals surface area contributed by atoms with E-state index in [2.05, 4.69) is 44.9 Å². The van der Waals surface area contributed by atoms with Crippen LogP contribution in [0.5, 0.6) is 0 Å². The third-order valence-electron chi connectivity index (χ3n) is 11.8. The molecule has 2 heterocycles. The summed E-state index contributed by atoms with van der Waals surface area (Å²) in [7, 11) is 0. The van der Waals surface area contributed by atoms with Gasteiger partial charge in [-0.2, -0.15) is 0 Å². The number of carbonyl (C=O) groups excluding carboxylic acids is 1. The smallest absolute Gasteiger partial charge is 0.230 e. The molecule has 8 aliphatic rings. The van der Waals surface area contributed by atoms with Crippen molar-refractivity contribution in [2.75, 3.05) is 10.6 Å². The van der Waals surface area contributed by atoms with Crippen LogP contribution in [0.4, 0.5) is 11.4 Å². The molecule has 2 aromatic heterocycles. The molecule has 0 spiro atoms. The third kappa shape index (κ3) is 3.69. The Kier molecular flexibility index (Phi) is 4.88. The number of hydrogen-bond donors (Lipinski definition) is 3. The van der Waals surface area contributed by atoms with Crippen molar-refractivity contribution in [3.63, 3.8) is 0 Å². The number of fused-ring (bicyclic) bond motifs is 1. The molecule has 0 radical (unpaired) electrons. The minimum atomic E-state index is -0.161. The first-order valence-electron chi connectivity index (χ1n) is 15.6. The van der Waals surface area contributed by atoms with E-state index in [0.717, 1.165) is 83.3 Å². The lowest BCUT2D eigenvalue weighted by Gasteiger charge is -2.55. The molecule has 8 saturated carbocycles. The van der Waals surface area contributed by atoms with Gasteiger partial charge in [0.25, 0.3) is 0 Å². The average molecular weight is 522 g/mol. The number of nitrogens with one attached hydrogen (secondary N) is 3. The van der Waals surface area contributed by atoms with E-state index >= 15 is 0 Å². The van der Waals surface area contributed by atoms with Crippen LogP contribution in [0.15, 0.2) is 36.5 Å². The zero-order valence-electron chi connectivity index (χ0n) is 22.7. The molecule has 0 atom stereocenters. The molecule has 1 aromatic carbocycles. The van der Waals surface area contributed by atoms with E-state index in [4.69, 9.17) is 4.98 Å². The Balaban J connectivity index is 0.970. The van der Waals surface area contributed by atoms with Crippen molar-refractivity contribution < 1.29 is 4.79 Å². The zero-order valence-corrected chi connectivity index (χ0v) is 22.7. The lowest BCUT2D eigenvalue weighted by molar-refractivity contribution is -0.140. The number of amides is 1. The monoisotopic (exact) mass is 521 g/mol. The quantitative estimate of drug-likeness (QED) is 0.337. The number of imidazole rings is 1. The summed E-state index contributed by atoms with van der Waals surface area (Å²) in [6.45, 7) is 0. The van der Waals surface area contributed by atoms with Gasteiger partial charge < -0.3 is 15.6 Å². The summed E-state index contributed by atoms with van der Waals surface area (Å²) >= 11 is 0. The van der Waals surface area contributed by atoms with Gasteiger partial charge in [0.1, 0.15) is 5.82 Å². The molecule has 8 bridgehead atoms. The van der Waals surface area contributed by atoms with E-state index in [1.165, 1.54) is 57.1 Å². The number of anilines is 2. The summed E-state index contributed by atoms with van der Waals surface area (Å²) in [5, 5.41) is 7.27. The Morgan fingerprint density at radius 3 is 2.18 bits per heavy atom. The van der Waals surface area contributed by atoms with Gasteiger partial charge in [0.2, 0.25) is 5.91 Å². The van der Waals surface area contributed by atoms with Crippen LogP contribution in [0.3, 0.4) is 0 Å². The summed E-state index contributed by atoms with van der Waals surface area (Å²) in [4.78, 5) is 26.7. The second kappa shape index (κ2) is 8.31. The maximum absolute atomic E-state index is 13.6. The second-order valence-electron chi connectivity index (χ2n) is 14.5. The van der Waals surface area contributed by atoms with Crippen molar-refractivity contribution >= 4 is 28.4 Å². The molecule has 8 fully saturated rings. The fourth-order valence-corrected chi connectivity index (χ4v) is 10.9. The number of aromatic amines is 1. The highest BCUT2D eigenvalue weighted by Gasteiger charge is 2.54. The van der Waals surface area contributed by atoms with Crippen LogP contribution in [-0.4, -0.2) is 26.9 Å². The predicted octanol–water partition coefficient (Wildman–Crippen LogP) is 7.02. The van der Waals surface area contributed by atoms with Gasteiger partial charge >= 0.3 is 0 Å². The molecule has 202 valence electrons. The van der Waals surface area contributed by atoms with Crippen LogP contribution < -0.4 is 10.6 Å². The summed E-state index contributed by atoms with van der Waals surface area (Å²) in [6, 6.07) is 11.2.